The maximum Gasteiger partial charge on any atom is 0.340 e. The van der Waals surface area contributed by atoms with E-state index in [1.807, 2.05) is 0 Å². The van der Waals surface area contributed by atoms with Gasteiger partial charge in [0.2, 0.25) is 0 Å². The van der Waals surface area contributed by atoms with Crippen LogP contribution in [0.3, 0.4) is 0 Å². The summed E-state index contributed by atoms with van der Waals surface area (Å²) < 4.78 is 15.0. The topological polar surface area (TPSA) is 64.1 Å². The van der Waals surface area contributed by atoms with Crippen LogP contribution >= 0.6 is 0 Å². The van der Waals surface area contributed by atoms with Gasteiger partial charge in [-0.1, -0.05) is 0 Å². The van der Waals surface area contributed by atoms with Crippen LogP contribution in [0.2, 0.25) is 0 Å². The molecule has 0 bridgehead atoms. The molecule has 1 N–H and O–H groups in total. The summed E-state index contributed by atoms with van der Waals surface area (Å²) in [5, 5.41) is 9.34. The molecule has 0 spiro atoms. The van der Waals surface area contributed by atoms with E-state index in [2.05, 4.69) is 21.7 Å². The van der Waals surface area contributed by atoms with E-state index < -0.39 is 18.1 Å². The molecule has 7 heteroatoms. The molecule has 2 aliphatic heterocycles. The Balaban J connectivity index is 1.57. The van der Waals surface area contributed by atoms with E-state index >= 15 is 0 Å². The maximum absolute atomic E-state index is 15.0. The van der Waals surface area contributed by atoms with Gasteiger partial charge in [-0.25, -0.2) is 9.18 Å². The number of carbonyl (C=O) groups is 2. The monoisotopic (exact) mass is 351 g/mol. The zero-order valence-corrected chi connectivity index (χ0v) is 14.6. The summed E-state index contributed by atoms with van der Waals surface area (Å²) in [6, 6.07) is 0.0998. The van der Waals surface area contributed by atoms with Crippen LogP contribution in [0.1, 0.15) is 25.7 Å². The average Bonchev–Trinajstić information content (AvgIpc) is 3.41. The molecule has 4 atom stereocenters. The third-order valence-corrected chi connectivity index (χ3v) is 6.31. The predicted octanol–water partition coefficient (Wildman–Crippen LogP) is 0.735. The van der Waals surface area contributed by atoms with Gasteiger partial charge >= 0.3 is 5.97 Å². The van der Waals surface area contributed by atoms with Crippen molar-refractivity contribution in [2.24, 2.45) is 5.92 Å². The molecule has 0 aromatic heterocycles. The number of hydrogen-bond donors (Lipinski definition) is 1. The van der Waals surface area contributed by atoms with Crippen LogP contribution in [-0.2, 0) is 9.59 Å². The van der Waals surface area contributed by atoms with Crippen LogP contribution in [0.25, 0.3) is 0 Å². The van der Waals surface area contributed by atoms with Crippen LogP contribution in [-0.4, -0.2) is 89.1 Å². The molecule has 25 heavy (non-hydrogen) atoms. The fourth-order valence-corrected chi connectivity index (χ4v) is 4.68. The number of piperazine rings is 1. The number of aliphatic carboxylic acids is 1. The highest BCUT2D eigenvalue weighted by atomic mass is 19.1. The van der Waals surface area contributed by atoms with Gasteiger partial charge in [0.25, 0.3) is 0 Å². The molecule has 2 aliphatic carbocycles. The van der Waals surface area contributed by atoms with E-state index in [9.17, 15) is 19.1 Å². The third-order valence-electron chi connectivity index (χ3n) is 6.31. The molecule has 2 heterocycles. The van der Waals surface area contributed by atoms with Crippen molar-refractivity contribution in [3.8, 4) is 0 Å². The first kappa shape index (κ1) is 17.0. The van der Waals surface area contributed by atoms with Gasteiger partial charge in [-0.15, -0.1) is 0 Å². The van der Waals surface area contributed by atoms with Crippen molar-refractivity contribution in [1.82, 2.24) is 14.7 Å². The highest BCUT2D eigenvalue weighted by Crippen LogP contribution is 2.42. The lowest BCUT2D eigenvalue weighted by atomic mass is 9.73. The second kappa shape index (κ2) is 6.36. The number of carboxylic acid groups (broad SMARTS) is 1. The van der Waals surface area contributed by atoms with Gasteiger partial charge < -0.3 is 14.9 Å². The van der Waals surface area contributed by atoms with Gasteiger partial charge in [0.15, 0.2) is 5.78 Å². The van der Waals surface area contributed by atoms with E-state index in [0.717, 1.165) is 39.0 Å². The Morgan fingerprint density at radius 2 is 1.84 bits per heavy atom. The molecule has 138 valence electrons. The largest absolute Gasteiger partial charge is 0.478 e. The van der Waals surface area contributed by atoms with Crippen molar-refractivity contribution >= 4 is 11.8 Å². The molecule has 0 amide bonds. The third kappa shape index (κ3) is 3.08. The summed E-state index contributed by atoms with van der Waals surface area (Å²) >= 11 is 0. The van der Waals surface area contributed by atoms with Crippen LogP contribution in [0.15, 0.2) is 11.8 Å². The minimum Gasteiger partial charge on any atom is -0.478 e. The molecule has 3 fully saturated rings. The molecule has 0 aromatic rings. The second-order valence-corrected chi connectivity index (χ2v) is 7.96. The van der Waals surface area contributed by atoms with E-state index in [4.69, 9.17) is 0 Å². The summed E-state index contributed by atoms with van der Waals surface area (Å²) in [7, 11) is 2.08. The number of rotatable bonds is 3. The number of hydrogen-bond acceptors (Lipinski definition) is 5. The van der Waals surface area contributed by atoms with Gasteiger partial charge in [0.1, 0.15) is 11.7 Å². The summed E-state index contributed by atoms with van der Waals surface area (Å²) in [5.41, 5.74) is -0.168. The average molecular weight is 351 g/mol. The number of alkyl halides is 1. The minimum atomic E-state index is -1.19. The fourth-order valence-electron chi connectivity index (χ4n) is 4.68. The number of fused-ring (bicyclic) bond motifs is 1. The molecule has 6 nitrogen and oxygen atoms in total. The van der Waals surface area contributed by atoms with E-state index in [1.54, 1.807) is 6.20 Å². The van der Waals surface area contributed by atoms with Gasteiger partial charge in [-0.3, -0.25) is 9.69 Å². The van der Waals surface area contributed by atoms with Crippen molar-refractivity contribution in [1.29, 1.82) is 0 Å². The number of carbonyl (C=O) groups excluding carboxylic acids is 1. The molecule has 0 radical (unpaired) electrons. The van der Waals surface area contributed by atoms with Crippen LogP contribution < -0.4 is 0 Å². The van der Waals surface area contributed by atoms with Crippen LogP contribution in [0.5, 0.6) is 0 Å². The summed E-state index contributed by atoms with van der Waals surface area (Å²) in [6.07, 6.45) is 3.29. The Morgan fingerprint density at radius 3 is 2.44 bits per heavy atom. The Bertz CT molecular complexity index is 598. The van der Waals surface area contributed by atoms with Crippen molar-refractivity contribution < 1.29 is 19.1 Å². The zero-order chi connectivity index (χ0) is 17.7. The number of Topliss-reactive ketones (excluding diaryl/α,β-unsaturated/α-hetero) is 1. The number of nitrogens with zero attached hydrogens (tertiary/aromatic N) is 3. The highest BCUT2D eigenvalue weighted by Gasteiger charge is 2.51. The van der Waals surface area contributed by atoms with E-state index in [1.165, 1.54) is 0 Å². The molecule has 2 saturated carbocycles. The molecule has 4 aliphatic rings. The van der Waals surface area contributed by atoms with Crippen molar-refractivity contribution in [3.63, 3.8) is 0 Å². The van der Waals surface area contributed by atoms with Gasteiger partial charge in [-0.2, -0.15) is 0 Å². The highest BCUT2D eigenvalue weighted by molar-refractivity contribution is 6.18. The van der Waals surface area contributed by atoms with Crippen molar-refractivity contribution in [2.75, 3.05) is 33.2 Å². The first-order valence-corrected chi connectivity index (χ1v) is 9.29. The number of ketones is 1. The maximum atomic E-state index is 15.0. The summed E-state index contributed by atoms with van der Waals surface area (Å²) in [6.45, 7) is 3.58. The van der Waals surface area contributed by atoms with Crippen LogP contribution in [0, 0.1) is 5.92 Å². The second-order valence-electron chi connectivity index (χ2n) is 7.96. The molecular weight excluding hydrogens is 325 g/mol. The van der Waals surface area contributed by atoms with E-state index in [0.29, 0.717) is 12.5 Å². The summed E-state index contributed by atoms with van der Waals surface area (Å²) in [4.78, 5) is 30.6. The molecule has 0 aromatic carbocycles. The number of likely N-dealkylation sites (N-methyl/N-ethyl adjacent to an activating group) is 1. The van der Waals surface area contributed by atoms with Gasteiger partial charge in [-0.05, 0) is 32.7 Å². The quantitative estimate of drug-likeness (QED) is 0.757. The van der Waals surface area contributed by atoms with Gasteiger partial charge in [0, 0.05) is 56.4 Å². The Morgan fingerprint density at radius 1 is 1.16 bits per heavy atom. The molecule has 4 rings (SSSR count). The molecule has 4 unspecified atom stereocenters. The normalized spacial score (nSPS) is 37.6. The first-order chi connectivity index (χ1) is 12.0. The lowest BCUT2D eigenvalue weighted by molar-refractivity contribution is -0.138. The molecule has 1 saturated heterocycles. The zero-order valence-electron chi connectivity index (χ0n) is 14.6. The van der Waals surface area contributed by atoms with E-state index in [-0.39, 0.29) is 29.9 Å². The smallest absolute Gasteiger partial charge is 0.340 e. The van der Waals surface area contributed by atoms with Crippen molar-refractivity contribution in [2.45, 2.75) is 50.0 Å². The Kier molecular flexibility index (Phi) is 4.32. The lowest BCUT2D eigenvalue weighted by Gasteiger charge is -2.49. The van der Waals surface area contributed by atoms with Gasteiger partial charge in [0.05, 0.1) is 0 Å². The number of carboxylic acids is 1. The lowest BCUT2D eigenvalue weighted by Crippen LogP contribution is -2.60. The first-order valence-electron chi connectivity index (χ1n) is 9.29. The Labute approximate surface area is 147 Å². The minimum absolute atomic E-state index is 0.0558. The predicted molar refractivity (Wildman–Crippen MR) is 89.9 cm³/mol. The Hall–Kier alpha value is -1.47. The standard InChI is InChI=1S/C18H26FN3O3/c1-20-4-6-21(7-5-20)16-9-15-12(8-14(16)19)17(23)13(18(24)25)10-22(15)11-2-3-11/h10-12,14-16H,2-9H2,1H3,(H,24,25). The fraction of sp³-hybridized carbons (Fsp3) is 0.778. The van der Waals surface area contributed by atoms with Crippen LogP contribution in [0.4, 0.5) is 4.39 Å². The van der Waals surface area contributed by atoms with Crippen molar-refractivity contribution in [3.05, 3.63) is 11.8 Å². The molecular formula is C18H26FN3O3. The number of halogens is 1. The SMILES string of the molecule is CN1CCN(C2CC3C(CC2F)C(=O)C(C(=O)O)=CN3C2CC2)CC1. The summed E-state index contributed by atoms with van der Waals surface area (Å²) in [5.74, 6) is -2.09.